The lowest BCUT2D eigenvalue weighted by atomic mass is 9.96. The van der Waals surface area contributed by atoms with E-state index >= 15 is 0 Å². The maximum absolute atomic E-state index is 4.73. The molecule has 5 nitrogen and oxygen atoms in total. The zero-order chi connectivity index (χ0) is 15.8. The van der Waals surface area contributed by atoms with Crippen molar-refractivity contribution in [2.75, 3.05) is 25.5 Å². The topological polar surface area (TPSA) is 52.6 Å². The molecule has 0 aliphatic heterocycles. The second-order valence-electron chi connectivity index (χ2n) is 6.09. The van der Waals surface area contributed by atoms with Gasteiger partial charge in [-0.3, -0.25) is 0 Å². The monoisotopic (exact) mass is 431 g/mol. The van der Waals surface area contributed by atoms with Gasteiger partial charge in [0.25, 0.3) is 0 Å². The molecule has 0 saturated heterocycles. The van der Waals surface area contributed by atoms with Gasteiger partial charge in [-0.1, -0.05) is 19.3 Å². The van der Waals surface area contributed by atoms with E-state index in [0.29, 0.717) is 12.6 Å². The molecule has 0 radical (unpaired) electrons. The van der Waals surface area contributed by atoms with E-state index in [9.17, 15) is 0 Å². The Morgan fingerprint density at radius 3 is 2.70 bits per heavy atom. The Labute approximate surface area is 157 Å². The molecular formula is C17H30IN5. The van der Waals surface area contributed by atoms with Gasteiger partial charge in [0.2, 0.25) is 0 Å². The minimum atomic E-state index is 0. The molecule has 23 heavy (non-hydrogen) atoms. The van der Waals surface area contributed by atoms with E-state index < -0.39 is 0 Å². The zero-order valence-corrected chi connectivity index (χ0v) is 16.8. The Bertz CT molecular complexity index is 484. The van der Waals surface area contributed by atoms with Crippen molar-refractivity contribution < 1.29 is 0 Å². The van der Waals surface area contributed by atoms with Crippen molar-refractivity contribution in [3.63, 3.8) is 0 Å². The van der Waals surface area contributed by atoms with Gasteiger partial charge < -0.3 is 15.5 Å². The SMILES string of the molecule is CCNC(=NCc1ccnc(N(C)C)c1)NC1CCCCC1.I. The largest absolute Gasteiger partial charge is 0.363 e. The maximum atomic E-state index is 4.73. The first-order valence-corrected chi connectivity index (χ1v) is 8.36. The smallest absolute Gasteiger partial charge is 0.191 e. The highest BCUT2D eigenvalue weighted by Gasteiger charge is 2.14. The average molecular weight is 431 g/mol. The lowest BCUT2D eigenvalue weighted by Crippen LogP contribution is -2.44. The van der Waals surface area contributed by atoms with Crippen molar-refractivity contribution in [2.24, 2.45) is 4.99 Å². The van der Waals surface area contributed by atoms with E-state index in [1.165, 1.54) is 37.7 Å². The maximum Gasteiger partial charge on any atom is 0.191 e. The Morgan fingerprint density at radius 1 is 1.30 bits per heavy atom. The van der Waals surface area contributed by atoms with Crippen LogP contribution in [0.25, 0.3) is 0 Å². The summed E-state index contributed by atoms with van der Waals surface area (Å²) in [5, 5.41) is 6.93. The standard InChI is InChI=1S/C17H29N5.HI/c1-4-18-17(21-15-8-6-5-7-9-15)20-13-14-10-11-19-16(12-14)22(2)3;/h10-12,15H,4-9,13H2,1-3H3,(H2,18,20,21);1H. The van der Waals surface area contributed by atoms with E-state index in [-0.39, 0.29) is 24.0 Å². The van der Waals surface area contributed by atoms with Gasteiger partial charge in [0.1, 0.15) is 5.82 Å². The highest BCUT2D eigenvalue weighted by Crippen LogP contribution is 2.17. The fraction of sp³-hybridized carbons (Fsp3) is 0.647. The van der Waals surface area contributed by atoms with Gasteiger partial charge in [-0.05, 0) is 37.5 Å². The summed E-state index contributed by atoms with van der Waals surface area (Å²) in [7, 11) is 4.01. The van der Waals surface area contributed by atoms with Crippen molar-refractivity contribution in [1.82, 2.24) is 15.6 Å². The summed E-state index contributed by atoms with van der Waals surface area (Å²) in [6.45, 7) is 3.66. The summed E-state index contributed by atoms with van der Waals surface area (Å²) >= 11 is 0. The molecular weight excluding hydrogens is 401 g/mol. The van der Waals surface area contributed by atoms with E-state index in [2.05, 4.69) is 28.6 Å². The van der Waals surface area contributed by atoms with Crippen LogP contribution in [0.2, 0.25) is 0 Å². The summed E-state index contributed by atoms with van der Waals surface area (Å²) in [5.41, 5.74) is 1.18. The van der Waals surface area contributed by atoms with Gasteiger partial charge in [-0.25, -0.2) is 9.98 Å². The summed E-state index contributed by atoms with van der Waals surface area (Å²) < 4.78 is 0. The molecule has 2 rings (SSSR count). The van der Waals surface area contributed by atoms with Crippen molar-refractivity contribution >= 4 is 35.8 Å². The predicted molar refractivity (Wildman–Crippen MR) is 109 cm³/mol. The van der Waals surface area contributed by atoms with E-state index in [1.807, 2.05) is 31.3 Å². The third-order valence-electron chi connectivity index (χ3n) is 3.98. The molecule has 0 amide bonds. The van der Waals surface area contributed by atoms with Gasteiger partial charge in [0.05, 0.1) is 6.54 Å². The molecule has 1 aromatic rings. The van der Waals surface area contributed by atoms with Crippen molar-refractivity contribution in [1.29, 1.82) is 0 Å². The number of anilines is 1. The van der Waals surface area contributed by atoms with Crippen LogP contribution in [0.15, 0.2) is 23.3 Å². The van der Waals surface area contributed by atoms with Crippen molar-refractivity contribution in [3.05, 3.63) is 23.9 Å². The molecule has 1 aromatic heterocycles. The Balaban J connectivity index is 0.00000264. The van der Waals surface area contributed by atoms with Crippen LogP contribution >= 0.6 is 24.0 Å². The third kappa shape index (κ3) is 6.93. The zero-order valence-electron chi connectivity index (χ0n) is 14.5. The predicted octanol–water partition coefficient (Wildman–Crippen LogP) is 3.15. The summed E-state index contributed by atoms with van der Waals surface area (Å²) in [6.07, 6.45) is 8.38. The molecule has 1 aliphatic carbocycles. The Kier molecular flexibility index (Phi) is 9.28. The summed E-state index contributed by atoms with van der Waals surface area (Å²) in [6, 6.07) is 4.69. The highest BCUT2D eigenvalue weighted by atomic mass is 127. The first-order valence-electron chi connectivity index (χ1n) is 8.36. The van der Waals surface area contributed by atoms with E-state index in [4.69, 9.17) is 4.99 Å². The Hall–Kier alpha value is -1.05. The fourth-order valence-electron chi connectivity index (χ4n) is 2.73. The first-order chi connectivity index (χ1) is 10.7. The van der Waals surface area contributed by atoms with Crippen LogP contribution in [0.4, 0.5) is 5.82 Å². The van der Waals surface area contributed by atoms with Gasteiger partial charge >= 0.3 is 0 Å². The molecule has 6 heteroatoms. The number of nitrogens with one attached hydrogen (secondary N) is 2. The van der Waals surface area contributed by atoms with E-state index in [1.54, 1.807) is 0 Å². The Morgan fingerprint density at radius 2 is 2.04 bits per heavy atom. The van der Waals surface area contributed by atoms with Gasteiger partial charge in [-0.15, -0.1) is 24.0 Å². The molecule has 0 aromatic carbocycles. The second-order valence-corrected chi connectivity index (χ2v) is 6.09. The number of pyridine rings is 1. The molecule has 0 spiro atoms. The normalized spacial score (nSPS) is 15.7. The molecule has 1 saturated carbocycles. The second kappa shape index (κ2) is 10.7. The molecule has 0 unspecified atom stereocenters. The molecule has 1 heterocycles. The first kappa shape index (κ1) is 20.0. The van der Waals surface area contributed by atoms with Gasteiger partial charge in [-0.2, -0.15) is 0 Å². The fourth-order valence-corrected chi connectivity index (χ4v) is 2.73. The van der Waals surface area contributed by atoms with Crippen LogP contribution in [-0.4, -0.2) is 37.6 Å². The van der Waals surface area contributed by atoms with Gasteiger partial charge in [0.15, 0.2) is 5.96 Å². The molecule has 130 valence electrons. The summed E-state index contributed by atoms with van der Waals surface area (Å²) in [5.74, 6) is 1.90. The van der Waals surface area contributed by atoms with Crippen molar-refractivity contribution in [2.45, 2.75) is 51.6 Å². The number of hydrogen-bond acceptors (Lipinski definition) is 3. The van der Waals surface area contributed by atoms with Crippen LogP contribution in [0, 0.1) is 0 Å². The molecule has 1 fully saturated rings. The quantitative estimate of drug-likeness (QED) is 0.427. The number of halogens is 1. The van der Waals surface area contributed by atoms with Crippen LogP contribution in [-0.2, 0) is 6.54 Å². The average Bonchev–Trinajstić information content (AvgIpc) is 2.54. The van der Waals surface area contributed by atoms with Crippen molar-refractivity contribution in [3.8, 4) is 0 Å². The number of rotatable bonds is 5. The van der Waals surface area contributed by atoms with Gasteiger partial charge in [0, 0.05) is 32.9 Å². The van der Waals surface area contributed by atoms with Crippen LogP contribution in [0.5, 0.6) is 0 Å². The minimum absolute atomic E-state index is 0. The number of nitrogens with zero attached hydrogens (tertiary/aromatic N) is 3. The molecule has 1 aliphatic rings. The third-order valence-corrected chi connectivity index (χ3v) is 3.98. The number of aliphatic imine (C=N–C) groups is 1. The molecule has 0 atom stereocenters. The lowest BCUT2D eigenvalue weighted by molar-refractivity contribution is 0.410. The molecule has 0 bridgehead atoms. The number of aromatic nitrogens is 1. The lowest BCUT2D eigenvalue weighted by Gasteiger charge is -2.24. The minimum Gasteiger partial charge on any atom is -0.363 e. The number of guanidine groups is 1. The van der Waals surface area contributed by atoms with Crippen LogP contribution < -0.4 is 15.5 Å². The molecule has 2 N–H and O–H groups in total. The highest BCUT2D eigenvalue weighted by molar-refractivity contribution is 14.0. The number of hydrogen-bond donors (Lipinski definition) is 2. The van der Waals surface area contributed by atoms with Crippen LogP contribution in [0.1, 0.15) is 44.6 Å². The summed E-state index contributed by atoms with van der Waals surface area (Å²) in [4.78, 5) is 11.1. The van der Waals surface area contributed by atoms with Crippen LogP contribution in [0.3, 0.4) is 0 Å². The van der Waals surface area contributed by atoms with E-state index in [0.717, 1.165) is 18.3 Å².